The molecule has 1 nitrogen and oxygen atoms in total. The Hall–Kier alpha value is -1.24. The molecule has 124 valence electrons. The SMILES string of the molecule is COc1ccc(CCCC(CCC(C)=C(C)C)C(C)C)cc1. The van der Waals surface area contributed by atoms with Crippen LogP contribution in [0, 0.1) is 11.8 Å². The number of hydrogen-bond donors (Lipinski definition) is 0. The zero-order valence-electron chi connectivity index (χ0n) is 15.4. The van der Waals surface area contributed by atoms with Gasteiger partial charge in [-0.1, -0.05) is 37.1 Å². The van der Waals surface area contributed by atoms with E-state index >= 15 is 0 Å². The number of rotatable bonds is 9. The minimum atomic E-state index is 0.779. The van der Waals surface area contributed by atoms with E-state index < -0.39 is 0 Å². The molecule has 0 N–H and O–H groups in total. The summed E-state index contributed by atoms with van der Waals surface area (Å²) in [5.74, 6) is 2.56. The fourth-order valence-electron chi connectivity index (χ4n) is 2.82. The van der Waals surface area contributed by atoms with E-state index in [0.29, 0.717) is 0 Å². The number of benzene rings is 1. The zero-order valence-corrected chi connectivity index (χ0v) is 15.4. The van der Waals surface area contributed by atoms with E-state index in [9.17, 15) is 0 Å². The quantitative estimate of drug-likeness (QED) is 0.478. The molecule has 0 aliphatic carbocycles. The van der Waals surface area contributed by atoms with Crippen LogP contribution < -0.4 is 4.74 Å². The monoisotopic (exact) mass is 302 g/mol. The molecule has 22 heavy (non-hydrogen) atoms. The third-order valence-corrected chi connectivity index (χ3v) is 4.89. The van der Waals surface area contributed by atoms with Gasteiger partial charge in [-0.15, -0.1) is 0 Å². The Bertz CT molecular complexity index is 449. The largest absolute Gasteiger partial charge is 0.497 e. The Labute approximate surface area is 137 Å². The van der Waals surface area contributed by atoms with Crippen molar-refractivity contribution in [2.75, 3.05) is 7.11 Å². The maximum Gasteiger partial charge on any atom is 0.118 e. The number of allylic oxidation sites excluding steroid dienone is 2. The van der Waals surface area contributed by atoms with E-state index in [1.165, 1.54) is 43.2 Å². The molecule has 0 fully saturated rings. The van der Waals surface area contributed by atoms with Crippen molar-refractivity contribution >= 4 is 0 Å². The average Bonchev–Trinajstić information content (AvgIpc) is 2.50. The van der Waals surface area contributed by atoms with E-state index in [0.717, 1.165) is 17.6 Å². The summed E-state index contributed by atoms with van der Waals surface area (Å²) in [6.07, 6.45) is 6.38. The molecule has 0 aromatic heterocycles. The van der Waals surface area contributed by atoms with Crippen molar-refractivity contribution in [1.82, 2.24) is 0 Å². The van der Waals surface area contributed by atoms with E-state index in [4.69, 9.17) is 4.74 Å². The summed E-state index contributed by atoms with van der Waals surface area (Å²) in [5.41, 5.74) is 4.48. The van der Waals surface area contributed by atoms with Crippen LogP contribution in [-0.4, -0.2) is 7.11 Å². The van der Waals surface area contributed by atoms with Gasteiger partial charge in [-0.05, 0) is 82.4 Å². The molecule has 1 unspecified atom stereocenters. The van der Waals surface area contributed by atoms with Crippen LogP contribution in [-0.2, 0) is 6.42 Å². The maximum absolute atomic E-state index is 5.21. The van der Waals surface area contributed by atoms with Crippen molar-refractivity contribution in [3.63, 3.8) is 0 Å². The van der Waals surface area contributed by atoms with Gasteiger partial charge in [0.05, 0.1) is 7.11 Å². The van der Waals surface area contributed by atoms with Gasteiger partial charge < -0.3 is 4.74 Å². The van der Waals surface area contributed by atoms with Crippen molar-refractivity contribution in [3.8, 4) is 5.75 Å². The Balaban J connectivity index is 2.42. The molecular weight excluding hydrogens is 268 g/mol. The summed E-state index contributed by atoms with van der Waals surface area (Å²) in [4.78, 5) is 0. The smallest absolute Gasteiger partial charge is 0.118 e. The highest BCUT2D eigenvalue weighted by atomic mass is 16.5. The molecule has 0 spiro atoms. The Morgan fingerprint density at radius 3 is 2.14 bits per heavy atom. The van der Waals surface area contributed by atoms with E-state index in [1.54, 1.807) is 12.7 Å². The minimum absolute atomic E-state index is 0.779. The van der Waals surface area contributed by atoms with Crippen LogP contribution in [0.1, 0.15) is 65.9 Å². The van der Waals surface area contributed by atoms with Crippen LogP contribution in [0.5, 0.6) is 5.75 Å². The van der Waals surface area contributed by atoms with Gasteiger partial charge in [0, 0.05) is 0 Å². The highest BCUT2D eigenvalue weighted by Gasteiger charge is 2.13. The maximum atomic E-state index is 5.21. The number of methoxy groups -OCH3 is 1. The second-order valence-electron chi connectivity index (χ2n) is 7.06. The molecule has 0 heterocycles. The molecule has 1 heteroatoms. The molecule has 0 aliphatic heterocycles. The van der Waals surface area contributed by atoms with Crippen LogP contribution >= 0.6 is 0 Å². The van der Waals surface area contributed by atoms with Crippen LogP contribution in [0.25, 0.3) is 0 Å². The second kappa shape index (κ2) is 9.71. The van der Waals surface area contributed by atoms with Crippen LogP contribution in [0.3, 0.4) is 0 Å². The van der Waals surface area contributed by atoms with E-state index in [-0.39, 0.29) is 0 Å². The molecule has 0 saturated carbocycles. The van der Waals surface area contributed by atoms with Crippen LogP contribution in [0.15, 0.2) is 35.4 Å². The lowest BCUT2D eigenvalue weighted by Crippen LogP contribution is -2.09. The third kappa shape index (κ3) is 6.68. The van der Waals surface area contributed by atoms with Crippen LogP contribution in [0.4, 0.5) is 0 Å². The third-order valence-electron chi connectivity index (χ3n) is 4.89. The first-order chi connectivity index (χ1) is 10.4. The van der Waals surface area contributed by atoms with E-state index in [1.807, 2.05) is 0 Å². The lowest BCUT2D eigenvalue weighted by Gasteiger charge is -2.21. The number of aryl methyl sites for hydroxylation is 1. The Morgan fingerprint density at radius 2 is 1.64 bits per heavy atom. The Kier molecular flexibility index (Phi) is 8.30. The normalized spacial score (nSPS) is 12.3. The molecule has 0 saturated heterocycles. The van der Waals surface area contributed by atoms with Crippen molar-refractivity contribution in [2.24, 2.45) is 11.8 Å². The summed E-state index contributed by atoms with van der Waals surface area (Å²) < 4.78 is 5.21. The zero-order chi connectivity index (χ0) is 16.5. The minimum Gasteiger partial charge on any atom is -0.497 e. The van der Waals surface area contributed by atoms with Crippen LogP contribution in [0.2, 0.25) is 0 Å². The van der Waals surface area contributed by atoms with Crippen molar-refractivity contribution in [1.29, 1.82) is 0 Å². The molecule has 1 atom stereocenters. The first-order valence-electron chi connectivity index (χ1n) is 8.70. The predicted octanol–water partition coefficient (Wildman–Crippen LogP) is 6.43. The topological polar surface area (TPSA) is 9.23 Å². The number of ether oxygens (including phenoxy) is 1. The molecule has 0 bridgehead atoms. The molecule has 1 aromatic rings. The molecular formula is C21H34O. The summed E-state index contributed by atoms with van der Waals surface area (Å²) >= 11 is 0. The fourth-order valence-corrected chi connectivity index (χ4v) is 2.82. The van der Waals surface area contributed by atoms with Gasteiger partial charge in [0.25, 0.3) is 0 Å². The summed E-state index contributed by atoms with van der Waals surface area (Å²) in [7, 11) is 1.72. The van der Waals surface area contributed by atoms with Gasteiger partial charge in [-0.2, -0.15) is 0 Å². The van der Waals surface area contributed by atoms with Crippen molar-refractivity contribution in [2.45, 2.75) is 66.7 Å². The molecule has 0 aliphatic rings. The average molecular weight is 303 g/mol. The van der Waals surface area contributed by atoms with E-state index in [2.05, 4.69) is 58.9 Å². The number of hydrogen-bond acceptors (Lipinski definition) is 1. The van der Waals surface area contributed by atoms with Gasteiger partial charge in [-0.3, -0.25) is 0 Å². The highest BCUT2D eigenvalue weighted by Crippen LogP contribution is 2.26. The summed E-state index contributed by atoms with van der Waals surface area (Å²) in [6.45, 7) is 11.5. The predicted molar refractivity (Wildman–Crippen MR) is 97.5 cm³/mol. The fraction of sp³-hybridized carbons (Fsp3) is 0.619. The van der Waals surface area contributed by atoms with Crippen molar-refractivity contribution in [3.05, 3.63) is 41.0 Å². The first kappa shape index (κ1) is 18.8. The lowest BCUT2D eigenvalue weighted by molar-refractivity contribution is 0.329. The molecule has 0 radical (unpaired) electrons. The standard InChI is InChI=1S/C21H34O/c1-16(2)18(5)10-13-20(17(3)4)9-7-8-19-11-14-21(22-6)15-12-19/h11-12,14-15,17,20H,7-10,13H2,1-6H3. The van der Waals surface area contributed by atoms with Gasteiger partial charge in [-0.25, -0.2) is 0 Å². The lowest BCUT2D eigenvalue weighted by atomic mass is 9.85. The highest BCUT2D eigenvalue weighted by molar-refractivity contribution is 5.27. The Morgan fingerprint density at radius 1 is 1.00 bits per heavy atom. The van der Waals surface area contributed by atoms with Gasteiger partial charge in [0.1, 0.15) is 5.75 Å². The van der Waals surface area contributed by atoms with Gasteiger partial charge in [0.15, 0.2) is 0 Å². The first-order valence-corrected chi connectivity index (χ1v) is 8.70. The molecule has 1 rings (SSSR count). The van der Waals surface area contributed by atoms with Crippen molar-refractivity contribution < 1.29 is 4.74 Å². The summed E-state index contributed by atoms with van der Waals surface area (Å²) in [6, 6.07) is 8.51. The van der Waals surface area contributed by atoms with Gasteiger partial charge >= 0.3 is 0 Å². The second-order valence-corrected chi connectivity index (χ2v) is 7.06. The van der Waals surface area contributed by atoms with Gasteiger partial charge in [0.2, 0.25) is 0 Å². The molecule has 1 aromatic carbocycles. The summed E-state index contributed by atoms with van der Waals surface area (Å²) in [5, 5.41) is 0. The molecule has 0 amide bonds.